The van der Waals surface area contributed by atoms with Crippen LogP contribution >= 0.6 is 0 Å². The monoisotopic (exact) mass is 239 g/mol. The van der Waals surface area contributed by atoms with Gasteiger partial charge in [0, 0.05) is 6.04 Å². The van der Waals surface area contributed by atoms with E-state index in [0.29, 0.717) is 6.04 Å². The Hall–Kier alpha value is -0.0400. The standard InChI is InChI=1S/C16H33N/c1-4-5-6-7-8-16(17)15-11-9-14(10-12-15)13(2)3/h13-16H,4-12,17H2,1-3H3. The van der Waals surface area contributed by atoms with Gasteiger partial charge in [-0.1, -0.05) is 46.5 Å². The maximum Gasteiger partial charge on any atom is 0.00671 e. The average molecular weight is 239 g/mol. The van der Waals surface area contributed by atoms with Gasteiger partial charge in [-0.05, 0) is 49.9 Å². The minimum Gasteiger partial charge on any atom is -0.327 e. The zero-order valence-corrected chi connectivity index (χ0v) is 12.3. The number of unbranched alkanes of at least 4 members (excludes halogenated alkanes) is 3. The summed E-state index contributed by atoms with van der Waals surface area (Å²) in [5.74, 6) is 2.67. The first-order chi connectivity index (χ1) is 8.15. The summed E-state index contributed by atoms with van der Waals surface area (Å²) < 4.78 is 0. The van der Waals surface area contributed by atoms with Crippen LogP contribution in [-0.4, -0.2) is 6.04 Å². The molecule has 1 nitrogen and oxygen atoms in total. The van der Waals surface area contributed by atoms with E-state index in [9.17, 15) is 0 Å². The van der Waals surface area contributed by atoms with E-state index in [1.165, 1.54) is 57.8 Å². The quantitative estimate of drug-likeness (QED) is 0.638. The highest BCUT2D eigenvalue weighted by Crippen LogP contribution is 2.35. The van der Waals surface area contributed by atoms with Gasteiger partial charge in [0.25, 0.3) is 0 Å². The molecule has 17 heavy (non-hydrogen) atoms. The molecule has 0 spiro atoms. The largest absolute Gasteiger partial charge is 0.327 e. The molecule has 102 valence electrons. The molecule has 1 saturated carbocycles. The van der Waals surface area contributed by atoms with Gasteiger partial charge in [-0.3, -0.25) is 0 Å². The lowest BCUT2D eigenvalue weighted by atomic mass is 9.74. The summed E-state index contributed by atoms with van der Waals surface area (Å²) in [4.78, 5) is 0. The molecule has 0 aliphatic heterocycles. The van der Waals surface area contributed by atoms with Crippen molar-refractivity contribution in [3.8, 4) is 0 Å². The van der Waals surface area contributed by atoms with Gasteiger partial charge in [0.15, 0.2) is 0 Å². The van der Waals surface area contributed by atoms with Crippen LogP contribution in [0, 0.1) is 17.8 Å². The van der Waals surface area contributed by atoms with Crippen molar-refractivity contribution in [2.24, 2.45) is 23.5 Å². The second-order valence-electron chi connectivity index (χ2n) is 6.43. The van der Waals surface area contributed by atoms with Gasteiger partial charge in [-0.15, -0.1) is 0 Å². The van der Waals surface area contributed by atoms with E-state index in [0.717, 1.165) is 17.8 Å². The van der Waals surface area contributed by atoms with Crippen molar-refractivity contribution >= 4 is 0 Å². The van der Waals surface area contributed by atoms with Crippen LogP contribution in [-0.2, 0) is 0 Å². The molecule has 0 bridgehead atoms. The smallest absolute Gasteiger partial charge is 0.00671 e. The van der Waals surface area contributed by atoms with Crippen molar-refractivity contribution in [2.45, 2.75) is 84.6 Å². The third kappa shape index (κ3) is 5.42. The maximum atomic E-state index is 6.35. The van der Waals surface area contributed by atoms with Crippen molar-refractivity contribution < 1.29 is 0 Å². The molecule has 1 aliphatic rings. The normalized spacial score (nSPS) is 27.4. The number of hydrogen-bond donors (Lipinski definition) is 1. The molecule has 1 rings (SSSR count). The average Bonchev–Trinajstić information content (AvgIpc) is 2.34. The molecule has 0 aromatic carbocycles. The van der Waals surface area contributed by atoms with Crippen LogP contribution in [0.3, 0.4) is 0 Å². The summed E-state index contributed by atoms with van der Waals surface area (Å²) in [6, 6.07) is 0.486. The van der Waals surface area contributed by atoms with Crippen molar-refractivity contribution in [3.05, 3.63) is 0 Å². The zero-order valence-electron chi connectivity index (χ0n) is 12.3. The molecule has 1 aliphatic carbocycles. The first kappa shape index (κ1) is 15.0. The van der Waals surface area contributed by atoms with Gasteiger partial charge in [0.05, 0.1) is 0 Å². The third-order valence-electron chi connectivity index (χ3n) is 4.76. The van der Waals surface area contributed by atoms with Crippen molar-refractivity contribution in [1.82, 2.24) is 0 Å². The second kappa shape index (κ2) is 8.13. The highest BCUT2D eigenvalue weighted by atomic mass is 14.6. The lowest BCUT2D eigenvalue weighted by molar-refractivity contribution is 0.198. The Morgan fingerprint density at radius 1 is 0.941 bits per heavy atom. The predicted octanol–water partition coefficient (Wildman–Crippen LogP) is 4.75. The van der Waals surface area contributed by atoms with Gasteiger partial charge in [0.1, 0.15) is 0 Å². The highest BCUT2D eigenvalue weighted by molar-refractivity contribution is 4.80. The van der Waals surface area contributed by atoms with Gasteiger partial charge in [0.2, 0.25) is 0 Å². The van der Waals surface area contributed by atoms with Crippen LogP contribution in [0.15, 0.2) is 0 Å². The summed E-state index contributed by atoms with van der Waals surface area (Å²) in [7, 11) is 0. The third-order valence-corrected chi connectivity index (χ3v) is 4.76. The lowest BCUT2D eigenvalue weighted by Crippen LogP contribution is -2.33. The van der Waals surface area contributed by atoms with Crippen molar-refractivity contribution in [3.63, 3.8) is 0 Å². The molecule has 1 heteroatoms. The van der Waals surface area contributed by atoms with Crippen molar-refractivity contribution in [1.29, 1.82) is 0 Å². The molecular formula is C16H33N. The lowest BCUT2D eigenvalue weighted by Gasteiger charge is -2.34. The van der Waals surface area contributed by atoms with Crippen LogP contribution in [0.4, 0.5) is 0 Å². The molecule has 0 radical (unpaired) electrons. The van der Waals surface area contributed by atoms with Crippen LogP contribution < -0.4 is 5.73 Å². The Bertz CT molecular complexity index is 180. The molecule has 2 N–H and O–H groups in total. The summed E-state index contributed by atoms with van der Waals surface area (Å²) in [6.45, 7) is 7.01. The highest BCUT2D eigenvalue weighted by Gasteiger charge is 2.26. The van der Waals surface area contributed by atoms with E-state index >= 15 is 0 Å². The summed E-state index contributed by atoms with van der Waals surface area (Å²) in [5, 5.41) is 0. The minimum absolute atomic E-state index is 0.486. The molecule has 1 fully saturated rings. The van der Waals surface area contributed by atoms with E-state index in [-0.39, 0.29) is 0 Å². The zero-order chi connectivity index (χ0) is 12.7. The summed E-state index contributed by atoms with van der Waals surface area (Å²) in [6.07, 6.45) is 12.3. The van der Waals surface area contributed by atoms with E-state index in [4.69, 9.17) is 5.73 Å². The Labute approximate surface area is 109 Å². The van der Waals surface area contributed by atoms with Crippen molar-refractivity contribution in [2.75, 3.05) is 0 Å². The molecular weight excluding hydrogens is 206 g/mol. The minimum atomic E-state index is 0.486. The maximum absolute atomic E-state index is 6.35. The van der Waals surface area contributed by atoms with Crippen LogP contribution in [0.1, 0.15) is 78.6 Å². The second-order valence-corrected chi connectivity index (χ2v) is 6.43. The molecule has 0 amide bonds. The summed E-state index contributed by atoms with van der Waals surface area (Å²) in [5.41, 5.74) is 6.35. The fourth-order valence-electron chi connectivity index (χ4n) is 3.28. The Kier molecular flexibility index (Phi) is 7.18. The number of nitrogens with two attached hydrogens (primary N) is 1. The number of rotatable bonds is 7. The van der Waals surface area contributed by atoms with Crippen LogP contribution in [0.25, 0.3) is 0 Å². The molecule has 0 aromatic heterocycles. The Morgan fingerprint density at radius 2 is 1.53 bits per heavy atom. The van der Waals surface area contributed by atoms with E-state index in [2.05, 4.69) is 20.8 Å². The molecule has 0 heterocycles. The predicted molar refractivity (Wildman–Crippen MR) is 77.0 cm³/mol. The summed E-state index contributed by atoms with van der Waals surface area (Å²) >= 11 is 0. The first-order valence-electron chi connectivity index (χ1n) is 7.90. The van der Waals surface area contributed by atoms with Gasteiger partial charge in [-0.2, -0.15) is 0 Å². The molecule has 1 unspecified atom stereocenters. The molecule has 0 aromatic rings. The van der Waals surface area contributed by atoms with E-state index < -0.39 is 0 Å². The fraction of sp³-hybridized carbons (Fsp3) is 1.00. The first-order valence-corrected chi connectivity index (χ1v) is 7.90. The Morgan fingerprint density at radius 3 is 2.06 bits per heavy atom. The van der Waals surface area contributed by atoms with Gasteiger partial charge >= 0.3 is 0 Å². The molecule has 0 saturated heterocycles. The molecule has 1 atom stereocenters. The SMILES string of the molecule is CCCCCCC(N)C1CCC(C(C)C)CC1. The Balaban J connectivity index is 2.14. The van der Waals surface area contributed by atoms with Gasteiger partial charge < -0.3 is 5.73 Å². The van der Waals surface area contributed by atoms with Gasteiger partial charge in [-0.25, -0.2) is 0 Å². The number of hydrogen-bond acceptors (Lipinski definition) is 1. The fourth-order valence-corrected chi connectivity index (χ4v) is 3.28. The van der Waals surface area contributed by atoms with Crippen LogP contribution in [0.5, 0.6) is 0 Å². The topological polar surface area (TPSA) is 26.0 Å². The van der Waals surface area contributed by atoms with Crippen LogP contribution in [0.2, 0.25) is 0 Å². The van der Waals surface area contributed by atoms with E-state index in [1.807, 2.05) is 0 Å². The van der Waals surface area contributed by atoms with E-state index in [1.54, 1.807) is 0 Å².